The highest BCUT2D eigenvalue weighted by atomic mass is 35.5. The molecular formula is C16H21ClN2O3. The molecule has 5 nitrogen and oxygen atoms in total. The second-order valence-corrected chi connectivity index (χ2v) is 5.80. The predicted molar refractivity (Wildman–Crippen MR) is 86.0 cm³/mol. The summed E-state index contributed by atoms with van der Waals surface area (Å²) in [5.74, 6) is 0.207. The van der Waals surface area contributed by atoms with E-state index in [9.17, 15) is 4.79 Å². The lowest BCUT2D eigenvalue weighted by Gasteiger charge is -2.35. The highest BCUT2D eigenvalue weighted by Gasteiger charge is 2.28. The summed E-state index contributed by atoms with van der Waals surface area (Å²) in [5, 5.41) is 0.562. The normalized spacial score (nSPS) is 22.3. The zero-order valence-corrected chi connectivity index (χ0v) is 13.4. The highest BCUT2D eigenvalue weighted by Crippen LogP contribution is 2.26. The molecule has 1 aromatic rings. The van der Waals surface area contributed by atoms with Crippen molar-refractivity contribution in [2.75, 3.05) is 19.7 Å². The van der Waals surface area contributed by atoms with Crippen LogP contribution in [0.3, 0.4) is 0 Å². The van der Waals surface area contributed by atoms with E-state index in [0.717, 1.165) is 12.1 Å². The first-order valence-electron chi connectivity index (χ1n) is 7.19. The molecule has 1 fully saturated rings. The molecule has 1 aliphatic heterocycles. The number of primary amides is 1. The van der Waals surface area contributed by atoms with E-state index in [-0.39, 0.29) is 6.10 Å². The van der Waals surface area contributed by atoms with Gasteiger partial charge in [0, 0.05) is 19.6 Å². The summed E-state index contributed by atoms with van der Waals surface area (Å²) in [4.78, 5) is 13.5. The molecular weight excluding hydrogens is 304 g/mol. The Kier molecular flexibility index (Phi) is 5.83. The van der Waals surface area contributed by atoms with Gasteiger partial charge in [-0.25, -0.2) is 0 Å². The van der Waals surface area contributed by atoms with E-state index in [1.807, 2.05) is 25.1 Å². The van der Waals surface area contributed by atoms with Crippen LogP contribution in [-0.4, -0.2) is 42.7 Å². The molecule has 1 aliphatic rings. The Hall–Kier alpha value is -1.56. The molecule has 0 aromatic heterocycles. The van der Waals surface area contributed by atoms with Gasteiger partial charge in [0.2, 0.25) is 5.91 Å². The molecule has 0 saturated carbocycles. The third-order valence-corrected chi connectivity index (χ3v) is 3.71. The minimum atomic E-state index is -0.561. The fourth-order valence-corrected chi connectivity index (χ4v) is 2.75. The van der Waals surface area contributed by atoms with Crippen LogP contribution in [0, 0.1) is 0 Å². The first-order valence-corrected chi connectivity index (χ1v) is 7.56. The lowest BCUT2D eigenvalue weighted by atomic mass is 10.1. The number of halogens is 1. The van der Waals surface area contributed by atoms with Crippen molar-refractivity contribution < 1.29 is 14.3 Å². The Morgan fingerprint density at radius 1 is 1.59 bits per heavy atom. The number of hydrogen-bond acceptors (Lipinski definition) is 4. The van der Waals surface area contributed by atoms with Gasteiger partial charge >= 0.3 is 0 Å². The summed E-state index contributed by atoms with van der Waals surface area (Å²) >= 11 is 6.21. The van der Waals surface area contributed by atoms with Gasteiger partial charge in [0.15, 0.2) is 0 Å². The van der Waals surface area contributed by atoms with Gasteiger partial charge in [-0.1, -0.05) is 30.3 Å². The maximum Gasteiger partial charge on any atom is 0.247 e. The maximum absolute atomic E-state index is 11.3. The van der Waals surface area contributed by atoms with Crippen molar-refractivity contribution in [1.82, 2.24) is 4.90 Å². The van der Waals surface area contributed by atoms with E-state index in [2.05, 4.69) is 11.5 Å². The van der Waals surface area contributed by atoms with E-state index in [1.54, 1.807) is 6.08 Å². The minimum Gasteiger partial charge on any atom is -0.488 e. The molecule has 0 aliphatic carbocycles. The molecule has 1 amide bonds. The quantitative estimate of drug-likeness (QED) is 0.813. The van der Waals surface area contributed by atoms with Gasteiger partial charge in [-0.2, -0.15) is 0 Å². The largest absolute Gasteiger partial charge is 0.488 e. The fourth-order valence-electron chi connectivity index (χ4n) is 2.49. The Labute approximate surface area is 135 Å². The summed E-state index contributed by atoms with van der Waals surface area (Å²) in [6.45, 7) is 7.87. The molecule has 0 bridgehead atoms. The van der Waals surface area contributed by atoms with Crippen LogP contribution in [0.15, 0.2) is 30.9 Å². The Morgan fingerprint density at radius 3 is 3.00 bits per heavy atom. The third kappa shape index (κ3) is 4.47. The molecule has 1 unspecified atom stereocenters. The number of amides is 1. The molecule has 1 aromatic carbocycles. The summed E-state index contributed by atoms with van der Waals surface area (Å²) < 4.78 is 11.0. The number of carbonyl (C=O) groups excluding carboxylic acids is 1. The molecule has 0 radical (unpaired) electrons. The average Bonchev–Trinajstić information content (AvgIpc) is 2.46. The molecule has 2 atom stereocenters. The SMILES string of the molecule is C=CCOc1ccc(CN2CC(C(N)=O)O[C@H](C)C2)cc1Cl. The second kappa shape index (κ2) is 7.63. The van der Waals surface area contributed by atoms with Gasteiger partial charge in [0.1, 0.15) is 18.5 Å². The van der Waals surface area contributed by atoms with Crippen molar-refractivity contribution in [3.63, 3.8) is 0 Å². The highest BCUT2D eigenvalue weighted by molar-refractivity contribution is 6.32. The van der Waals surface area contributed by atoms with Gasteiger partial charge in [-0.3, -0.25) is 9.69 Å². The van der Waals surface area contributed by atoms with Gasteiger partial charge in [0.05, 0.1) is 11.1 Å². The van der Waals surface area contributed by atoms with Crippen molar-refractivity contribution in [1.29, 1.82) is 0 Å². The van der Waals surface area contributed by atoms with Crippen LogP contribution >= 0.6 is 11.6 Å². The van der Waals surface area contributed by atoms with Crippen LogP contribution in [0.5, 0.6) is 5.75 Å². The average molecular weight is 325 g/mol. The van der Waals surface area contributed by atoms with E-state index >= 15 is 0 Å². The molecule has 2 N–H and O–H groups in total. The molecule has 6 heteroatoms. The van der Waals surface area contributed by atoms with Gasteiger partial charge in [0.25, 0.3) is 0 Å². The Bertz CT molecular complexity index is 550. The zero-order valence-electron chi connectivity index (χ0n) is 12.6. The van der Waals surface area contributed by atoms with Crippen LogP contribution < -0.4 is 10.5 Å². The minimum absolute atomic E-state index is 0.0306. The van der Waals surface area contributed by atoms with E-state index in [1.165, 1.54) is 0 Å². The van der Waals surface area contributed by atoms with Crippen LogP contribution in [0.4, 0.5) is 0 Å². The lowest BCUT2D eigenvalue weighted by molar-refractivity contribution is -0.142. The first-order chi connectivity index (χ1) is 10.5. The number of morpholine rings is 1. The third-order valence-electron chi connectivity index (χ3n) is 3.41. The first kappa shape index (κ1) is 16.8. The second-order valence-electron chi connectivity index (χ2n) is 5.40. The summed E-state index contributed by atoms with van der Waals surface area (Å²) in [7, 11) is 0. The maximum atomic E-state index is 11.3. The van der Waals surface area contributed by atoms with Crippen molar-refractivity contribution >= 4 is 17.5 Å². The number of ether oxygens (including phenoxy) is 2. The standard InChI is InChI=1S/C16H21ClN2O3/c1-3-6-21-14-5-4-12(7-13(14)17)9-19-8-11(2)22-15(10-19)16(18)20/h3-5,7,11,15H,1,6,8-10H2,2H3,(H2,18,20)/t11-,15?/m1/s1. The molecule has 120 valence electrons. The zero-order chi connectivity index (χ0) is 16.1. The van der Waals surface area contributed by atoms with Crippen molar-refractivity contribution in [2.45, 2.75) is 25.7 Å². The van der Waals surface area contributed by atoms with Crippen LogP contribution in [0.1, 0.15) is 12.5 Å². The summed E-state index contributed by atoms with van der Waals surface area (Å²) in [6, 6.07) is 5.68. The number of benzene rings is 1. The molecule has 1 saturated heterocycles. The summed E-state index contributed by atoms with van der Waals surface area (Å²) in [6.07, 6.45) is 1.08. The topological polar surface area (TPSA) is 64.8 Å². The van der Waals surface area contributed by atoms with Crippen LogP contribution in [0.25, 0.3) is 0 Å². The van der Waals surface area contributed by atoms with E-state index in [4.69, 9.17) is 26.8 Å². The summed E-state index contributed by atoms with van der Waals surface area (Å²) in [5.41, 5.74) is 6.39. The smallest absolute Gasteiger partial charge is 0.247 e. The monoisotopic (exact) mass is 324 g/mol. The molecule has 0 spiro atoms. The fraction of sp³-hybridized carbons (Fsp3) is 0.438. The molecule has 2 rings (SSSR count). The van der Waals surface area contributed by atoms with Crippen LogP contribution in [0.2, 0.25) is 5.02 Å². The number of nitrogens with two attached hydrogens (primary N) is 1. The molecule has 1 heterocycles. The number of nitrogens with zero attached hydrogens (tertiary/aromatic N) is 1. The van der Waals surface area contributed by atoms with Crippen molar-refractivity contribution in [2.24, 2.45) is 5.73 Å². The Balaban J connectivity index is 2.02. The van der Waals surface area contributed by atoms with Crippen molar-refractivity contribution in [3.8, 4) is 5.75 Å². The lowest BCUT2D eigenvalue weighted by Crippen LogP contribution is -2.51. The van der Waals surface area contributed by atoms with Crippen molar-refractivity contribution in [3.05, 3.63) is 41.4 Å². The Morgan fingerprint density at radius 2 is 2.36 bits per heavy atom. The number of rotatable bonds is 6. The number of hydrogen-bond donors (Lipinski definition) is 1. The molecule has 22 heavy (non-hydrogen) atoms. The van der Waals surface area contributed by atoms with E-state index < -0.39 is 12.0 Å². The van der Waals surface area contributed by atoms with Crippen LogP contribution in [-0.2, 0) is 16.1 Å². The predicted octanol–water partition coefficient (Wildman–Crippen LogP) is 1.98. The number of carbonyl (C=O) groups is 1. The van der Waals surface area contributed by atoms with E-state index in [0.29, 0.717) is 30.5 Å². The van der Waals surface area contributed by atoms with Gasteiger partial charge in [-0.05, 0) is 24.6 Å². The van der Waals surface area contributed by atoms with Gasteiger partial charge in [-0.15, -0.1) is 0 Å². The van der Waals surface area contributed by atoms with Gasteiger partial charge < -0.3 is 15.2 Å².